The average Bonchev–Trinajstić information content (AvgIpc) is 2.37. The topological polar surface area (TPSA) is 37.8 Å². The third kappa shape index (κ3) is 3.18. The fraction of sp³-hybridized carbons (Fsp3) is 0.375. The summed E-state index contributed by atoms with van der Waals surface area (Å²) in [5.41, 5.74) is 3.24. The van der Waals surface area contributed by atoms with Crippen LogP contribution in [0.1, 0.15) is 32.0 Å². The van der Waals surface area contributed by atoms with Gasteiger partial charge < -0.3 is 5.32 Å². The van der Waals surface area contributed by atoms with Crippen LogP contribution in [0.25, 0.3) is 11.4 Å². The summed E-state index contributed by atoms with van der Waals surface area (Å²) in [6.45, 7) is 8.54. The van der Waals surface area contributed by atoms with E-state index in [1.54, 1.807) is 0 Å². The van der Waals surface area contributed by atoms with Crippen LogP contribution in [0.2, 0.25) is 0 Å². The molecule has 20 heavy (non-hydrogen) atoms. The van der Waals surface area contributed by atoms with Crippen LogP contribution in [0, 0.1) is 6.92 Å². The van der Waals surface area contributed by atoms with Gasteiger partial charge in [-0.05, 0) is 24.6 Å². The number of hydrogen-bond donors (Lipinski definition) is 1. The first kappa shape index (κ1) is 15.0. The van der Waals surface area contributed by atoms with Crippen molar-refractivity contribution in [1.82, 2.24) is 9.97 Å². The first-order chi connectivity index (χ1) is 9.31. The Balaban J connectivity index is 2.61. The molecule has 0 saturated heterocycles. The van der Waals surface area contributed by atoms with Gasteiger partial charge in [0.05, 0.1) is 5.69 Å². The summed E-state index contributed by atoms with van der Waals surface area (Å²) >= 11 is 3.60. The van der Waals surface area contributed by atoms with Crippen molar-refractivity contribution in [3.8, 4) is 11.4 Å². The summed E-state index contributed by atoms with van der Waals surface area (Å²) in [5, 5.41) is 3.11. The predicted octanol–water partition coefficient (Wildman–Crippen LogP) is 4.55. The largest absolute Gasteiger partial charge is 0.373 e. The quantitative estimate of drug-likeness (QED) is 0.875. The van der Waals surface area contributed by atoms with Crippen molar-refractivity contribution in [2.45, 2.75) is 33.1 Å². The summed E-state index contributed by atoms with van der Waals surface area (Å²) in [6.07, 6.45) is 0. The van der Waals surface area contributed by atoms with Gasteiger partial charge in [-0.25, -0.2) is 9.97 Å². The van der Waals surface area contributed by atoms with Crippen LogP contribution in [0.15, 0.2) is 28.7 Å². The second-order valence-electron chi connectivity index (χ2n) is 5.95. The molecule has 1 aromatic carbocycles. The fourth-order valence-electron chi connectivity index (χ4n) is 1.88. The second kappa shape index (κ2) is 5.52. The van der Waals surface area contributed by atoms with Crippen LogP contribution in [0.4, 0.5) is 5.82 Å². The van der Waals surface area contributed by atoms with Gasteiger partial charge in [0.1, 0.15) is 5.82 Å². The molecule has 4 heteroatoms. The SMILES string of the molecule is CNc1cc(C(C)(C)C)nc(-c2ccc(C)cc2Br)n1. The number of rotatable bonds is 2. The van der Waals surface area contributed by atoms with Crippen LogP contribution in [-0.2, 0) is 5.41 Å². The Morgan fingerprint density at radius 2 is 1.80 bits per heavy atom. The summed E-state index contributed by atoms with van der Waals surface area (Å²) in [7, 11) is 1.88. The standard InChI is InChI=1S/C16H20BrN3/c1-10-6-7-11(12(17)8-10)15-19-13(16(2,3)4)9-14(18-5)20-15/h6-9H,1-5H3,(H,18,19,20). The van der Waals surface area contributed by atoms with Crippen LogP contribution >= 0.6 is 15.9 Å². The molecule has 0 bridgehead atoms. The van der Waals surface area contributed by atoms with Gasteiger partial charge in [-0.3, -0.25) is 0 Å². The van der Waals surface area contributed by atoms with Crippen molar-refractivity contribution in [2.75, 3.05) is 12.4 Å². The highest BCUT2D eigenvalue weighted by atomic mass is 79.9. The van der Waals surface area contributed by atoms with Gasteiger partial charge in [-0.2, -0.15) is 0 Å². The zero-order chi connectivity index (χ0) is 14.9. The summed E-state index contributed by atoms with van der Waals surface area (Å²) in [5.74, 6) is 1.58. The van der Waals surface area contributed by atoms with Gasteiger partial charge in [0.2, 0.25) is 0 Å². The molecule has 0 aliphatic rings. The van der Waals surface area contributed by atoms with Crippen molar-refractivity contribution in [1.29, 1.82) is 0 Å². The van der Waals surface area contributed by atoms with E-state index >= 15 is 0 Å². The monoisotopic (exact) mass is 333 g/mol. The highest BCUT2D eigenvalue weighted by molar-refractivity contribution is 9.10. The predicted molar refractivity (Wildman–Crippen MR) is 88.2 cm³/mol. The minimum Gasteiger partial charge on any atom is -0.373 e. The molecule has 0 unspecified atom stereocenters. The van der Waals surface area contributed by atoms with Crippen molar-refractivity contribution in [3.63, 3.8) is 0 Å². The Hall–Kier alpha value is -1.42. The second-order valence-corrected chi connectivity index (χ2v) is 6.80. The van der Waals surface area contributed by atoms with E-state index in [-0.39, 0.29) is 5.41 Å². The van der Waals surface area contributed by atoms with Crippen molar-refractivity contribution < 1.29 is 0 Å². The van der Waals surface area contributed by atoms with E-state index in [2.05, 4.69) is 72.1 Å². The maximum atomic E-state index is 4.73. The lowest BCUT2D eigenvalue weighted by Crippen LogP contribution is -2.15. The van der Waals surface area contributed by atoms with Crippen LogP contribution in [-0.4, -0.2) is 17.0 Å². The Morgan fingerprint density at radius 3 is 2.35 bits per heavy atom. The van der Waals surface area contributed by atoms with Gasteiger partial charge in [0.15, 0.2) is 5.82 Å². The van der Waals surface area contributed by atoms with E-state index in [0.717, 1.165) is 27.4 Å². The maximum absolute atomic E-state index is 4.73. The molecule has 2 rings (SSSR count). The Morgan fingerprint density at radius 1 is 1.10 bits per heavy atom. The third-order valence-electron chi connectivity index (χ3n) is 3.12. The zero-order valence-electron chi connectivity index (χ0n) is 12.6. The molecule has 0 spiro atoms. The van der Waals surface area contributed by atoms with Crippen LogP contribution in [0.3, 0.4) is 0 Å². The van der Waals surface area contributed by atoms with Gasteiger partial charge in [-0.1, -0.05) is 42.8 Å². The number of hydrogen-bond acceptors (Lipinski definition) is 3. The van der Waals surface area contributed by atoms with Crippen molar-refractivity contribution in [3.05, 3.63) is 40.0 Å². The molecule has 1 aromatic heterocycles. The molecule has 0 radical (unpaired) electrons. The molecule has 0 amide bonds. The van der Waals surface area contributed by atoms with E-state index in [1.807, 2.05) is 13.1 Å². The fourth-order valence-corrected chi connectivity index (χ4v) is 2.55. The van der Waals surface area contributed by atoms with E-state index in [0.29, 0.717) is 0 Å². The highest BCUT2D eigenvalue weighted by Gasteiger charge is 2.19. The molecular formula is C16H20BrN3. The molecule has 0 aliphatic carbocycles. The third-order valence-corrected chi connectivity index (χ3v) is 3.77. The molecule has 0 saturated carbocycles. The number of anilines is 1. The van der Waals surface area contributed by atoms with Crippen molar-refractivity contribution >= 4 is 21.7 Å². The van der Waals surface area contributed by atoms with Gasteiger partial charge in [-0.15, -0.1) is 0 Å². The molecule has 106 valence electrons. The highest BCUT2D eigenvalue weighted by Crippen LogP contribution is 2.30. The number of aromatic nitrogens is 2. The molecule has 0 aliphatic heterocycles. The molecular weight excluding hydrogens is 314 g/mol. The first-order valence-electron chi connectivity index (χ1n) is 6.65. The maximum Gasteiger partial charge on any atom is 0.162 e. The van der Waals surface area contributed by atoms with Gasteiger partial charge >= 0.3 is 0 Å². The Kier molecular flexibility index (Phi) is 4.14. The van der Waals surface area contributed by atoms with E-state index in [1.165, 1.54) is 5.56 Å². The number of nitrogens with zero attached hydrogens (tertiary/aromatic N) is 2. The molecule has 1 heterocycles. The Labute approximate surface area is 129 Å². The lowest BCUT2D eigenvalue weighted by atomic mass is 9.91. The number of benzene rings is 1. The van der Waals surface area contributed by atoms with Gasteiger partial charge in [0, 0.05) is 28.6 Å². The summed E-state index contributed by atoms with van der Waals surface area (Å²) in [4.78, 5) is 9.31. The smallest absolute Gasteiger partial charge is 0.162 e. The average molecular weight is 334 g/mol. The minimum absolute atomic E-state index is 0.0134. The summed E-state index contributed by atoms with van der Waals surface area (Å²) < 4.78 is 1.02. The minimum atomic E-state index is -0.0134. The van der Waals surface area contributed by atoms with Crippen molar-refractivity contribution in [2.24, 2.45) is 0 Å². The van der Waals surface area contributed by atoms with Gasteiger partial charge in [0.25, 0.3) is 0 Å². The number of halogens is 1. The normalized spacial score (nSPS) is 11.5. The van der Waals surface area contributed by atoms with Crippen LogP contribution in [0.5, 0.6) is 0 Å². The molecule has 2 aromatic rings. The van der Waals surface area contributed by atoms with Crippen LogP contribution < -0.4 is 5.32 Å². The molecule has 0 atom stereocenters. The molecule has 1 N–H and O–H groups in total. The Bertz CT molecular complexity index is 630. The lowest BCUT2D eigenvalue weighted by Gasteiger charge is -2.19. The molecule has 0 fully saturated rings. The zero-order valence-corrected chi connectivity index (χ0v) is 14.2. The van der Waals surface area contributed by atoms with E-state index in [4.69, 9.17) is 4.98 Å². The van der Waals surface area contributed by atoms with E-state index < -0.39 is 0 Å². The van der Waals surface area contributed by atoms with E-state index in [9.17, 15) is 0 Å². The lowest BCUT2D eigenvalue weighted by molar-refractivity contribution is 0.568. The summed E-state index contributed by atoms with van der Waals surface area (Å²) in [6, 6.07) is 8.22. The molecule has 3 nitrogen and oxygen atoms in total. The number of aryl methyl sites for hydroxylation is 1. The number of nitrogens with one attached hydrogen (secondary N) is 1. The first-order valence-corrected chi connectivity index (χ1v) is 7.44.